The summed E-state index contributed by atoms with van der Waals surface area (Å²) >= 11 is 0. The first-order valence-corrected chi connectivity index (χ1v) is 11.2. The predicted molar refractivity (Wildman–Crippen MR) is 124 cm³/mol. The second-order valence-electron chi connectivity index (χ2n) is 8.68. The zero-order valence-corrected chi connectivity index (χ0v) is 18.5. The normalized spacial score (nSPS) is 18.0. The molecule has 7 nitrogen and oxygen atoms in total. The van der Waals surface area contributed by atoms with Crippen LogP contribution in [-0.4, -0.2) is 66.2 Å². The van der Waals surface area contributed by atoms with Crippen molar-refractivity contribution in [3.8, 4) is 11.8 Å². The Kier molecular flexibility index (Phi) is 7.21. The number of nitrogens with zero attached hydrogens (tertiary/aromatic N) is 1. The number of carbonyl (C=O) groups is 2. The summed E-state index contributed by atoms with van der Waals surface area (Å²) in [6.45, 7) is 3.77. The SMILES string of the molecule is NC1(C(NC(=O)c2ccc(C#Cc3ccc(CN4CCOCC4)cc3)cc2)C(=O)CO)CC1. The quantitative estimate of drug-likeness (QED) is 0.549. The Morgan fingerprint density at radius 2 is 1.61 bits per heavy atom. The number of benzene rings is 2. The number of hydrogen-bond acceptors (Lipinski definition) is 6. The molecule has 1 heterocycles. The molecule has 2 aliphatic rings. The number of nitrogens with two attached hydrogens (primary N) is 1. The van der Waals surface area contributed by atoms with E-state index in [0.29, 0.717) is 18.4 Å². The fourth-order valence-corrected chi connectivity index (χ4v) is 3.84. The van der Waals surface area contributed by atoms with Gasteiger partial charge in [-0.3, -0.25) is 14.5 Å². The van der Waals surface area contributed by atoms with Gasteiger partial charge in [0.15, 0.2) is 5.78 Å². The highest BCUT2D eigenvalue weighted by Gasteiger charge is 2.49. The molecule has 1 aliphatic carbocycles. The molecule has 2 fully saturated rings. The molecule has 1 saturated heterocycles. The average Bonchev–Trinajstić information content (AvgIpc) is 3.60. The van der Waals surface area contributed by atoms with Gasteiger partial charge in [0.2, 0.25) is 0 Å². The third-order valence-electron chi connectivity index (χ3n) is 6.12. The first-order valence-electron chi connectivity index (χ1n) is 11.2. The molecule has 1 aliphatic heterocycles. The van der Waals surface area contributed by atoms with Crippen molar-refractivity contribution in [2.24, 2.45) is 5.73 Å². The van der Waals surface area contributed by atoms with Gasteiger partial charge in [0.25, 0.3) is 5.91 Å². The number of Topliss-reactive ketones (excluding diaryl/α,β-unsaturated/α-hetero) is 1. The van der Waals surface area contributed by atoms with Gasteiger partial charge in [0, 0.05) is 41.9 Å². The topological polar surface area (TPSA) is 105 Å². The standard InChI is InChI=1S/C26H29N3O4/c27-26(11-12-26)24(23(31)18-30)28-25(32)22-9-7-20(8-10-22)2-1-19-3-5-21(6-4-19)17-29-13-15-33-16-14-29/h3-10,24,30H,11-18,27H2,(H,28,32). The van der Waals surface area contributed by atoms with Crippen LogP contribution < -0.4 is 11.1 Å². The van der Waals surface area contributed by atoms with E-state index in [0.717, 1.165) is 44.0 Å². The molecule has 1 unspecified atom stereocenters. The molecule has 0 spiro atoms. The lowest BCUT2D eigenvalue weighted by atomic mass is 10.0. The fraction of sp³-hybridized carbons (Fsp3) is 0.385. The van der Waals surface area contributed by atoms with E-state index in [9.17, 15) is 14.7 Å². The lowest BCUT2D eigenvalue weighted by Gasteiger charge is -2.26. The Labute approximate surface area is 193 Å². The van der Waals surface area contributed by atoms with E-state index in [2.05, 4.69) is 34.2 Å². The third-order valence-corrected chi connectivity index (χ3v) is 6.12. The highest BCUT2D eigenvalue weighted by Crippen LogP contribution is 2.36. The monoisotopic (exact) mass is 447 g/mol. The summed E-state index contributed by atoms with van der Waals surface area (Å²) in [5, 5.41) is 11.9. The van der Waals surface area contributed by atoms with E-state index in [-0.39, 0.29) is 0 Å². The number of ether oxygens (including phenoxy) is 1. The number of aliphatic hydroxyl groups excluding tert-OH is 1. The maximum atomic E-state index is 12.6. The Hall–Kier alpha value is -3.02. The number of hydrogen-bond donors (Lipinski definition) is 3. The minimum absolute atomic E-state index is 0.395. The highest BCUT2D eigenvalue weighted by molar-refractivity contribution is 5.99. The van der Waals surface area contributed by atoms with E-state index in [4.69, 9.17) is 10.5 Å². The van der Waals surface area contributed by atoms with Crippen LogP contribution in [0.2, 0.25) is 0 Å². The van der Waals surface area contributed by atoms with Gasteiger partial charge in [-0.2, -0.15) is 0 Å². The van der Waals surface area contributed by atoms with Crippen LogP contribution in [0.25, 0.3) is 0 Å². The minimum atomic E-state index is -0.874. The highest BCUT2D eigenvalue weighted by atomic mass is 16.5. The molecule has 7 heteroatoms. The average molecular weight is 448 g/mol. The molecule has 1 atom stereocenters. The number of aliphatic hydroxyl groups is 1. The molecule has 172 valence electrons. The van der Waals surface area contributed by atoms with Crippen LogP contribution in [0.3, 0.4) is 0 Å². The molecular weight excluding hydrogens is 418 g/mol. The van der Waals surface area contributed by atoms with E-state index in [1.54, 1.807) is 24.3 Å². The van der Waals surface area contributed by atoms with E-state index in [1.165, 1.54) is 5.56 Å². The van der Waals surface area contributed by atoms with Crippen LogP contribution >= 0.6 is 0 Å². The van der Waals surface area contributed by atoms with Crippen molar-refractivity contribution in [2.45, 2.75) is 31.0 Å². The van der Waals surface area contributed by atoms with Gasteiger partial charge in [-0.1, -0.05) is 24.0 Å². The Balaban J connectivity index is 1.35. The first kappa shape index (κ1) is 23.1. The second kappa shape index (κ2) is 10.3. The molecule has 4 rings (SSSR count). The number of nitrogens with one attached hydrogen (secondary N) is 1. The van der Waals surface area contributed by atoms with Gasteiger partial charge in [0.05, 0.1) is 13.2 Å². The van der Waals surface area contributed by atoms with Crippen LogP contribution in [0.5, 0.6) is 0 Å². The van der Waals surface area contributed by atoms with Crippen molar-refractivity contribution < 1.29 is 19.4 Å². The molecule has 4 N–H and O–H groups in total. The van der Waals surface area contributed by atoms with Gasteiger partial charge in [-0.05, 0) is 54.8 Å². The smallest absolute Gasteiger partial charge is 0.251 e. The summed E-state index contributed by atoms with van der Waals surface area (Å²) in [7, 11) is 0. The lowest BCUT2D eigenvalue weighted by Crippen LogP contribution is -2.55. The molecule has 1 amide bonds. The second-order valence-corrected chi connectivity index (χ2v) is 8.68. The molecule has 2 aromatic rings. The summed E-state index contributed by atoms with van der Waals surface area (Å²) in [6.07, 6.45) is 1.29. The zero-order valence-electron chi connectivity index (χ0n) is 18.5. The van der Waals surface area contributed by atoms with Crippen LogP contribution in [-0.2, 0) is 16.1 Å². The largest absolute Gasteiger partial charge is 0.388 e. The molecular formula is C26H29N3O4. The lowest BCUT2D eigenvalue weighted by molar-refractivity contribution is -0.124. The van der Waals surface area contributed by atoms with Crippen LogP contribution in [0.1, 0.15) is 39.9 Å². The summed E-state index contributed by atoms with van der Waals surface area (Å²) < 4.78 is 5.39. The van der Waals surface area contributed by atoms with Crippen molar-refractivity contribution in [2.75, 3.05) is 32.9 Å². The number of carbonyl (C=O) groups excluding carboxylic acids is 2. The van der Waals surface area contributed by atoms with Crippen LogP contribution in [0.15, 0.2) is 48.5 Å². The van der Waals surface area contributed by atoms with Crippen molar-refractivity contribution in [1.82, 2.24) is 10.2 Å². The third kappa shape index (κ3) is 6.06. The molecule has 1 saturated carbocycles. The van der Waals surface area contributed by atoms with Gasteiger partial charge in [0.1, 0.15) is 12.6 Å². The zero-order chi connectivity index (χ0) is 23.3. The molecule has 0 aromatic heterocycles. The van der Waals surface area contributed by atoms with Crippen LogP contribution in [0.4, 0.5) is 0 Å². The predicted octanol–water partition coefficient (Wildman–Crippen LogP) is 1.07. The summed E-state index contributed by atoms with van der Waals surface area (Å²) in [5.74, 6) is 5.40. The summed E-state index contributed by atoms with van der Waals surface area (Å²) in [6, 6.07) is 14.2. The van der Waals surface area contributed by atoms with Crippen molar-refractivity contribution >= 4 is 11.7 Å². The summed E-state index contributed by atoms with van der Waals surface area (Å²) in [5.41, 5.74) is 8.71. The van der Waals surface area contributed by atoms with Gasteiger partial charge >= 0.3 is 0 Å². The number of rotatable bonds is 7. The summed E-state index contributed by atoms with van der Waals surface area (Å²) in [4.78, 5) is 26.9. The van der Waals surface area contributed by atoms with E-state index < -0.39 is 29.9 Å². The fourth-order valence-electron chi connectivity index (χ4n) is 3.84. The van der Waals surface area contributed by atoms with Gasteiger partial charge < -0.3 is 20.9 Å². The Morgan fingerprint density at radius 3 is 2.15 bits per heavy atom. The number of morpholine rings is 1. The number of amides is 1. The van der Waals surface area contributed by atoms with E-state index in [1.807, 2.05) is 12.1 Å². The van der Waals surface area contributed by atoms with Crippen molar-refractivity contribution in [3.05, 3.63) is 70.8 Å². The molecule has 33 heavy (non-hydrogen) atoms. The first-order chi connectivity index (χ1) is 16.0. The Morgan fingerprint density at radius 1 is 1.03 bits per heavy atom. The van der Waals surface area contributed by atoms with Crippen LogP contribution in [0, 0.1) is 11.8 Å². The maximum absolute atomic E-state index is 12.6. The Bertz CT molecular complexity index is 1040. The van der Waals surface area contributed by atoms with Gasteiger partial charge in [-0.15, -0.1) is 0 Å². The van der Waals surface area contributed by atoms with Crippen molar-refractivity contribution in [3.63, 3.8) is 0 Å². The van der Waals surface area contributed by atoms with Crippen molar-refractivity contribution in [1.29, 1.82) is 0 Å². The molecule has 0 radical (unpaired) electrons. The van der Waals surface area contributed by atoms with E-state index >= 15 is 0 Å². The molecule has 0 bridgehead atoms. The molecule has 2 aromatic carbocycles. The minimum Gasteiger partial charge on any atom is -0.388 e. The van der Waals surface area contributed by atoms with Gasteiger partial charge in [-0.25, -0.2) is 0 Å². The maximum Gasteiger partial charge on any atom is 0.251 e. The number of ketones is 1.